The molecule has 0 spiro atoms. The molecule has 1 aromatic carbocycles. The zero-order chi connectivity index (χ0) is 16.5. The van der Waals surface area contributed by atoms with Gasteiger partial charge in [0.05, 0.1) is 6.61 Å². The summed E-state index contributed by atoms with van der Waals surface area (Å²) in [7, 11) is 0. The van der Waals surface area contributed by atoms with Gasteiger partial charge >= 0.3 is 0 Å². The first-order valence-electron chi connectivity index (χ1n) is 8.65. The Morgan fingerprint density at radius 3 is 2.92 bits per heavy atom. The van der Waals surface area contributed by atoms with Gasteiger partial charge < -0.3 is 14.1 Å². The van der Waals surface area contributed by atoms with E-state index in [1.807, 2.05) is 42.2 Å². The number of carbonyl (C=O) groups is 1. The number of hydrogen-bond donors (Lipinski definition) is 0. The molecule has 1 amide bonds. The molecule has 2 saturated heterocycles. The molecular weight excluding hydrogens is 304 g/mol. The van der Waals surface area contributed by atoms with Gasteiger partial charge in [0.15, 0.2) is 5.69 Å². The highest BCUT2D eigenvalue weighted by atomic mass is 16.5. The van der Waals surface area contributed by atoms with Gasteiger partial charge in [0.25, 0.3) is 5.91 Å². The number of nitrogens with zero attached hydrogens (tertiary/aromatic N) is 2. The molecule has 4 rings (SSSR count). The number of ether oxygens (including phenoxy) is 1. The summed E-state index contributed by atoms with van der Waals surface area (Å²) < 4.78 is 11.4. The molecule has 3 heterocycles. The maximum absolute atomic E-state index is 13.1. The van der Waals surface area contributed by atoms with Crippen molar-refractivity contribution >= 4 is 5.91 Å². The van der Waals surface area contributed by atoms with E-state index in [0.717, 1.165) is 44.6 Å². The van der Waals surface area contributed by atoms with Crippen LogP contribution in [0.15, 0.2) is 34.7 Å². The van der Waals surface area contributed by atoms with Crippen LogP contribution in [-0.4, -0.2) is 41.6 Å². The van der Waals surface area contributed by atoms with Crippen LogP contribution in [-0.2, 0) is 4.74 Å². The summed E-state index contributed by atoms with van der Waals surface area (Å²) in [5.74, 6) is 1.55. The van der Waals surface area contributed by atoms with E-state index in [1.54, 1.807) is 0 Å². The Hall–Kier alpha value is -2.14. The molecule has 0 saturated carbocycles. The van der Waals surface area contributed by atoms with Crippen LogP contribution >= 0.6 is 0 Å². The van der Waals surface area contributed by atoms with Gasteiger partial charge in [-0.2, -0.15) is 0 Å². The Labute approximate surface area is 141 Å². The number of amides is 1. The van der Waals surface area contributed by atoms with E-state index in [4.69, 9.17) is 9.15 Å². The first-order valence-corrected chi connectivity index (χ1v) is 8.65. The molecule has 5 nitrogen and oxygen atoms in total. The lowest BCUT2D eigenvalue weighted by Gasteiger charge is -2.43. The third-order valence-electron chi connectivity index (χ3n) is 5.09. The summed E-state index contributed by atoms with van der Waals surface area (Å²) in [6.07, 6.45) is 3.08. The van der Waals surface area contributed by atoms with E-state index >= 15 is 0 Å². The normalized spacial score (nSPS) is 23.8. The Morgan fingerprint density at radius 2 is 2.08 bits per heavy atom. The maximum atomic E-state index is 13.1. The number of aryl methyl sites for hydroxylation is 1. The van der Waals surface area contributed by atoms with Crippen molar-refractivity contribution in [2.45, 2.75) is 32.2 Å². The Morgan fingerprint density at radius 1 is 1.25 bits per heavy atom. The molecule has 2 unspecified atom stereocenters. The highest BCUT2D eigenvalue weighted by Gasteiger charge is 2.38. The molecule has 0 aliphatic carbocycles. The van der Waals surface area contributed by atoms with Crippen molar-refractivity contribution < 1.29 is 13.9 Å². The van der Waals surface area contributed by atoms with Gasteiger partial charge in [-0.15, -0.1) is 0 Å². The minimum Gasteiger partial charge on any atom is -0.441 e. The molecule has 2 aromatic rings. The van der Waals surface area contributed by atoms with Crippen LogP contribution in [0.3, 0.4) is 0 Å². The number of aromatic nitrogens is 1. The molecule has 0 N–H and O–H groups in total. The molecule has 24 heavy (non-hydrogen) atoms. The van der Waals surface area contributed by atoms with E-state index in [2.05, 4.69) is 4.98 Å². The molecule has 0 radical (unpaired) electrons. The minimum absolute atomic E-state index is 0.00460. The van der Waals surface area contributed by atoms with Crippen molar-refractivity contribution in [2.24, 2.45) is 5.92 Å². The Kier molecular flexibility index (Phi) is 4.10. The fourth-order valence-corrected chi connectivity index (χ4v) is 3.85. The van der Waals surface area contributed by atoms with E-state index in [-0.39, 0.29) is 11.9 Å². The SMILES string of the molecule is Cc1oc(-c2ccccc2)nc1C(=O)N1CCCC2COCCC21. The number of fused-ring (bicyclic) bond motifs is 1. The fourth-order valence-electron chi connectivity index (χ4n) is 3.85. The van der Waals surface area contributed by atoms with Crippen LogP contribution in [0.5, 0.6) is 0 Å². The van der Waals surface area contributed by atoms with Gasteiger partial charge in [0.1, 0.15) is 5.76 Å². The van der Waals surface area contributed by atoms with Crippen molar-refractivity contribution in [3.8, 4) is 11.5 Å². The highest BCUT2D eigenvalue weighted by molar-refractivity contribution is 5.94. The Bertz CT molecular complexity index is 723. The lowest BCUT2D eigenvalue weighted by Crippen LogP contribution is -2.52. The van der Waals surface area contributed by atoms with Crippen LogP contribution in [0.25, 0.3) is 11.5 Å². The second kappa shape index (κ2) is 6.40. The molecule has 126 valence electrons. The van der Waals surface area contributed by atoms with E-state index in [9.17, 15) is 4.79 Å². The van der Waals surface area contributed by atoms with Gasteiger partial charge in [-0.25, -0.2) is 4.98 Å². The summed E-state index contributed by atoms with van der Waals surface area (Å²) >= 11 is 0. The largest absolute Gasteiger partial charge is 0.441 e. The second-order valence-corrected chi connectivity index (χ2v) is 6.62. The second-order valence-electron chi connectivity index (χ2n) is 6.62. The molecule has 2 fully saturated rings. The van der Waals surface area contributed by atoms with Gasteiger partial charge in [0.2, 0.25) is 5.89 Å². The van der Waals surface area contributed by atoms with Gasteiger partial charge in [0, 0.05) is 30.7 Å². The van der Waals surface area contributed by atoms with Gasteiger partial charge in [-0.3, -0.25) is 4.79 Å². The summed E-state index contributed by atoms with van der Waals surface area (Å²) in [5, 5.41) is 0. The number of hydrogen-bond acceptors (Lipinski definition) is 4. The molecule has 2 atom stereocenters. The van der Waals surface area contributed by atoms with Crippen molar-refractivity contribution in [1.82, 2.24) is 9.88 Å². The summed E-state index contributed by atoms with van der Waals surface area (Å²) in [6, 6.07) is 9.98. The first kappa shape index (κ1) is 15.4. The predicted octanol–water partition coefficient (Wildman–Crippen LogP) is 3.29. The van der Waals surface area contributed by atoms with Gasteiger partial charge in [-0.1, -0.05) is 18.2 Å². The summed E-state index contributed by atoms with van der Waals surface area (Å²) in [5.41, 5.74) is 1.34. The number of carbonyl (C=O) groups excluding carboxylic acids is 1. The van der Waals surface area contributed by atoms with Crippen molar-refractivity contribution in [2.75, 3.05) is 19.8 Å². The zero-order valence-electron chi connectivity index (χ0n) is 13.9. The average molecular weight is 326 g/mol. The van der Waals surface area contributed by atoms with Crippen LogP contribution in [0.2, 0.25) is 0 Å². The molecule has 5 heteroatoms. The van der Waals surface area contributed by atoms with Crippen LogP contribution in [0, 0.1) is 12.8 Å². The van der Waals surface area contributed by atoms with E-state index in [1.165, 1.54) is 0 Å². The molecule has 2 aliphatic rings. The number of benzene rings is 1. The third kappa shape index (κ3) is 2.73. The lowest BCUT2D eigenvalue weighted by atomic mass is 9.86. The highest BCUT2D eigenvalue weighted by Crippen LogP contribution is 2.31. The number of likely N-dealkylation sites (tertiary alicyclic amines) is 1. The molecule has 1 aromatic heterocycles. The number of oxazole rings is 1. The van der Waals surface area contributed by atoms with Crippen molar-refractivity contribution in [3.05, 3.63) is 41.8 Å². The Balaban J connectivity index is 1.61. The van der Waals surface area contributed by atoms with Crippen LogP contribution in [0.1, 0.15) is 35.5 Å². The predicted molar refractivity (Wildman–Crippen MR) is 89.7 cm³/mol. The maximum Gasteiger partial charge on any atom is 0.276 e. The zero-order valence-corrected chi connectivity index (χ0v) is 13.9. The van der Waals surface area contributed by atoms with Gasteiger partial charge in [-0.05, 0) is 38.3 Å². The molecular formula is C19H22N2O3. The standard InChI is InChI=1S/C19H22N2O3/c1-13-17(20-18(24-13)14-6-3-2-4-7-14)19(22)21-10-5-8-15-12-23-11-9-16(15)21/h2-4,6-7,15-16H,5,8-12H2,1H3. The van der Waals surface area contributed by atoms with Crippen LogP contribution < -0.4 is 0 Å². The average Bonchev–Trinajstić information content (AvgIpc) is 3.03. The quantitative estimate of drug-likeness (QED) is 0.850. The first-order chi connectivity index (χ1) is 11.7. The van der Waals surface area contributed by atoms with Crippen LogP contribution in [0.4, 0.5) is 0 Å². The summed E-state index contributed by atoms with van der Waals surface area (Å²) in [4.78, 5) is 19.6. The fraction of sp³-hybridized carbons (Fsp3) is 0.474. The minimum atomic E-state index is -0.00460. The van der Waals surface area contributed by atoms with Crippen molar-refractivity contribution in [3.63, 3.8) is 0 Å². The molecule has 2 aliphatic heterocycles. The summed E-state index contributed by atoms with van der Waals surface area (Å²) in [6.45, 7) is 4.12. The third-order valence-corrected chi connectivity index (χ3v) is 5.09. The lowest BCUT2D eigenvalue weighted by molar-refractivity contribution is -0.0273. The van der Waals surface area contributed by atoms with E-state index < -0.39 is 0 Å². The topological polar surface area (TPSA) is 55.6 Å². The monoisotopic (exact) mass is 326 g/mol. The van der Waals surface area contributed by atoms with E-state index in [0.29, 0.717) is 23.3 Å². The van der Waals surface area contributed by atoms with Crippen molar-refractivity contribution in [1.29, 1.82) is 0 Å². The smallest absolute Gasteiger partial charge is 0.276 e. The number of piperidine rings is 1. The molecule has 0 bridgehead atoms. The number of rotatable bonds is 2.